The van der Waals surface area contributed by atoms with E-state index in [4.69, 9.17) is 11.6 Å². The monoisotopic (exact) mass is 538 g/mol. The predicted molar refractivity (Wildman–Crippen MR) is 137 cm³/mol. The molecular weight excluding hydrogens is 513 g/mol. The molecule has 0 amide bonds. The molecule has 1 atom stereocenters. The first-order valence-corrected chi connectivity index (χ1v) is 13.0. The SMILES string of the molecule is CC1CCCN(CCC(=O)CSc2c(-c3cc(Cl)ccc3O)c3cc(C(F)(F)F)ccc3[nH]c2=O)C1. The molecule has 1 aliphatic heterocycles. The van der Waals surface area contributed by atoms with Crippen LogP contribution in [0.5, 0.6) is 5.75 Å². The number of fused-ring (bicyclic) bond motifs is 1. The van der Waals surface area contributed by atoms with Crippen molar-refractivity contribution < 1.29 is 23.1 Å². The Morgan fingerprint density at radius 2 is 2.03 bits per heavy atom. The molecule has 2 aromatic carbocycles. The number of pyridine rings is 1. The third-order valence-corrected chi connectivity index (χ3v) is 7.73. The van der Waals surface area contributed by atoms with Gasteiger partial charge in [0.1, 0.15) is 11.5 Å². The average Bonchev–Trinajstić information content (AvgIpc) is 2.82. The van der Waals surface area contributed by atoms with Crippen LogP contribution in [0.2, 0.25) is 5.02 Å². The summed E-state index contributed by atoms with van der Waals surface area (Å²) in [6.07, 6.45) is -2.00. The summed E-state index contributed by atoms with van der Waals surface area (Å²) in [6.45, 7) is 4.72. The van der Waals surface area contributed by atoms with Crippen LogP contribution in [0.4, 0.5) is 13.2 Å². The van der Waals surface area contributed by atoms with Crippen molar-refractivity contribution in [3.05, 3.63) is 57.3 Å². The zero-order valence-corrected chi connectivity index (χ0v) is 21.2. The highest BCUT2D eigenvalue weighted by atomic mass is 35.5. The van der Waals surface area contributed by atoms with E-state index in [1.165, 1.54) is 30.7 Å². The topological polar surface area (TPSA) is 73.4 Å². The standard InChI is InChI=1S/C26H26ClF3N2O3S/c1-15-3-2-9-32(13-15)10-8-18(33)14-36-24-23(20-12-17(27)5-7-22(20)34)19-11-16(26(28,29)30)4-6-21(19)31-25(24)35/h4-7,11-12,15,34H,2-3,8-10,13-14H2,1H3,(H,31,35). The van der Waals surface area contributed by atoms with Gasteiger partial charge in [0.2, 0.25) is 0 Å². The molecular formula is C26H26ClF3N2O3S. The summed E-state index contributed by atoms with van der Waals surface area (Å²) in [7, 11) is 0. The zero-order chi connectivity index (χ0) is 26.0. The Morgan fingerprint density at radius 3 is 2.75 bits per heavy atom. The molecule has 2 heterocycles. The summed E-state index contributed by atoms with van der Waals surface area (Å²) in [4.78, 5) is 30.6. The van der Waals surface area contributed by atoms with Crippen molar-refractivity contribution in [2.45, 2.75) is 37.3 Å². The molecule has 2 N–H and O–H groups in total. The lowest BCUT2D eigenvalue weighted by molar-refractivity contribution is -0.137. The van der Waals surface area contributed by atoms with Gasteiger partial charge in [0.25, 0.3) is 5.56 Å². The van der Waals surface area contributed by atoms with Crippen molar-refractivity contribution in [3.63, 3.8) is 0 Å². The van der Waals surface area contributed by atoms with E-state index in [9.17, 15) is 27.9 Å². The number of phenols is 1. The van der Waals surface area contributed by atoms with Gasteiger partial charge >= 0.3 is 6.18 Å². The third kappa shape index (κ3) is 6.07. The van der Waals surface area contributed by atoms with E-state index >= 15 is 0 Å². The van der Waals surface area contributed by atoms with Crippen molar-refractivity contribution in [2.24, 2.45) is 5.92 Å². The molecule has 192 valence electrons. The van der Waals surface area contributed by atoms with Gasteiger partial charge < -0.3 is 15.0 Å². The van der Waals surface area contributed by atoms with Crippen LogP contribution in [0, 0.1) is 5.92 Å². The lowest BCUT2D eigenvalue weighted by Gasteiger charge is -2.30. The number of piperidine rings is 1. The minimum absolute atomic E-state index is 0.0226. The first kappa shape index (κ1) is 26.6. The van der Waals surface area contributed by atoms with Crippen molar-refractivity contribution in [1.29, 1.82) is 0 Å². The Morgan fingerprint density at radius 1 is 1.25 bits per heavy atom. The molecule has 0 radical (unpaired) electrons. The second kappa shape index (κ2) is 10.9. The summed E-state index contributed by atoms with van der Waals surface area (Å²) in [6, 6.07) is 7.16. The van der Waals surface area contributed by atoms with Gasteiger partial charge in [-0.25, -0.2) is 0 Å². The van der Waals surface area contributed by atoms with Crippen LogP contribution in [0.15, 0.2) is 46.1 Å². The minimum atomic E-state index is -4.60. The molecule has 1 fully saturated rings. The molecule has 1 unspecified atom stereocenters. The third-order valence-electron chi connectivity index (χ3n) is 6.35. The number of thioether (sulfide) groups is 1. The van der Waals surface area contributed by atoms with E-state index in [-0.39, 0.29) is 49.2 Å². The lowest BCUT2D eigenvalue weighted by Crippen LogP contribution is -2.35. The number of aromatic hydroxyl groups is 1. The fourth-order valence-electron chi connectivity index (χ4n) is 4.56. The van der Waals surface area contributed by atoms with Gasteiger partial charge in [0.15, 0.2) is 0 Å². The highest BCUT2D eigenvalue weighted by Crippen LogP contribution is 2.42. The number of aromatic amines is 1. The van der Waals surface area contributed by atoms with Gasteiger partial charge in [-0.3, -0.25) is 9.59 Å². The minimum Gasteiger partial charge on any atom is -0.507 e. The van der Waals surface area contributed by atoms with Crippen molar-refractivity contribution in [2.75, 3.05) is 25.4 Å². The number of ketones is 1. The van der Waals surface area contributed by atoms with E-state index in [0.717, 1.165) is 43.4 Å². The molecule has 10 heteroatoms. The number of rotatable bonds is 7. The molecule has 1 aliphatic rings. The van der Waals surface area contributed by atoms with Crippen LogP contribution in [-0.4, -0.2) is 46.2 Å². The summed E-state index contributed by atoms with van der Waals surface area (Å²) in [5.41, 5.74) is -1.04. The Bertz CT molecular complexity index is 1340. The fraction of sp³-hybridized carbons (Fsp3) is 0.385. The smallest absolute Gasteiger partial charge is 0.416 e. The zero-order valence-electron chi connectivity index (χ0n) is 19.6. The molecule has 3 aromatic rings. The fourth-order valence-corrected chi connectivity index (χ4v) is 5.73. The Hall–Kier alpha value is -2.49. The highest BCUT2D eigenvalue weighted by molar-refractivity contribution is 8.00. The first-order valence-electron chi connectivity index (χ1n) is 11.7. The number of hydrogen-bond donors (Lipinski definition) is 2. The molecule has 4 rings (SSSR count). The van der Waals surface area contributed by atoms with Crippen LogP contribution in [0.25, 0.3) is 22.0 Å². The number of hydrogen-bond acceptors (Lipinski definition) is 5. The number of alkyl halides is 3. The maximum absolute atomic E-state index is 13.5. The first-order chi connectivity index (χ1) is 17.0. The summed E-state index contributed by atoms with van der Waals surface area (Å²) in [5.74, 6) is 0.263. The van der Waals surface area contributed by atoms with Gasteiger partial charge in [-0.2, -0.15) is 13.2 Å². The van der Waals surface area contributed by atoms with Crippen molar-refractivity contribution >= 4 is 40.0 Å². The summed E-state index contributed by atoms with van der Waals surface area (Å²) < 4.78 is 40.5. The van der Waals surface area contributed by atoms with E-state index in [0.29, 0.717) is 18.9 Å². The molecule has 1 saturated heterocycles. The van der Waals surface area contributed by atoms with E-state index in [1.54, 1.807) is 0 Å². The van der Waals surface area contributed by atoms with E-state index in [2.05, 4.69) is 16.8 Å². The molecule has 0 bridgehead atoms. The number of carbonyl (C=O) groups excluding carboxylic acids is 1. The largest absolute Gasteiger partial charge is 0.507 e. The Balaban J connectivity index is 1.69. The number of nitrogens with zero attached hydrogens (tertiary/aromatic N) is 1. The maximum Gasteiger partial charge on any atom is 0.416 e. The number of H-pyrrole nitrogens is 1. The lowest BCUT2D eigenvalue weighted by atomic mass is 9.98. The highest BCUT2D eigenvalue weighted by Gasteiger charge is 2.31. The second-order valence-electron chi connectivity index (χ2n) is 9.20. The molecule has 1 aromatic heterocycles. The molecule has 5 nitrogen and oxygen atoms in total. The van der Waals surface area contributed by atoms with Crippen LogP contribution in [0.1, 0.15) is 31.7 Å². The normalized spacial score (nSPS) is 17.0. The molecule has 36 heavy (non-hydrogen) atoms. The predicted octanol–water partition coefficient (Wildman–Crippen LogP) is 6.36. The number of carbonyl (C=O) groups is 1. The Labute approximate surface area is 215 Å². The number of likely N-dealkylation sites (tertiary alicyclic amines) is 1. The van der Waals surface area contributed by atoms with Crippen LogP contribution < -0.4 is 5.56 Å². The number of Topliss-reactive ketones (excluding diaryl/α,β-unsaturated/α-hetero) is 1. The number of aromatic nitrogens is 1. The number of benzene rings is 2. The van der Waals surface area contributed by atoms with Crippen LogP contribution in [-0.2, 0) is 11.0 Å². The number of halogens is 4. The summed E-state index contributed by atoms with van der Waals surface area (Å²) in [5, 5.41) is 10.9. The second-order valence-corrected chi connectivity index (χ2v) is 10.6. The van der Waals surface area contributed by atoms with E-state index in [1.807, 2.05) is 0 Å². The van der Waals surface area contributed by atoms with Crippen molar-refractivity contribution in [3.8, 4) is 16.9 Å². The number of nitrogens with one attached hydrogen (secondary N) is 1. The quantitative estimate of drug-likeness (QED) is 0.343. The Kier molecular flexibility index (Phi) is 8.02. The summed E-state index contributed by atoms with van der Waals surface area (Å²) >= 11 is 7.08. The van der Waals surface area contributed by atoms with Crippen molar-refractivity contribution in [1.82, 2.24) is 9.88 Å². The van der Waals surface area contributed by atoms with Gasteiger partial charge in [-0.1, -0.05) is 18.5 Å². The average molecular weight is 539 g/mol. The maximum atomic E-state index is 13.5. The van der Waals surface area contributed by atoms with Gasteiger partial charge in [-0.05, 0) is 61.7 Å². The van der Waals surface area contributed by atoms with Crippen LogP contribution in [0.3, 0.4) is 0 Å². The molecule has 0 saturated carbocycles. The van der Waals surface area contributed by atoms with E-state index < -0.39 is 17.3 Å². The van der Waals surface area contributed by atoms with Crippen LogP contribution >= 0.6 is 23.4 Å². The number of phenolic OH excluding ortho intramolecular Hbond substituents is 1. The van der Waals surface area contributed by atoms with Gasteiger partial charge in [0, 0.05) is 46.6 Å². The molecule has 0 aliphatic carbocycles. The van der Waals surface area contributed by atoms with Gasteiger partial charge in [-0.15, -0.1) is 11.8 Å². The molecule has 0 spiro atoms. The van der Waals surface area contributed by atoms with Gasteiger partial charge in [0.05, 0.1) is 16.2 Å².